The summed E-state index contributed by atoms with van der Waals surface area (Å²) in [4.78, 5) is 11.6. The third kappa shape index (κ3) is 4.25. The summed E-state index contributed by atoms with van der Waals surface area (Å²) in [6.07, 6.45) is 0.667. The second kappa shape index (κ2) is 6.80. The fourth-order valence-electron chi connectivity index (χ4n) is 1.18. The summed E-state index contributed by atoms with van der Waals surface area (Å²) in [5.41, 5.74) is 5.66. The number of hydrogen-bond donors (Lipinski definition) is 2. The number of hydrogen-bond acceptors (Lipinski definition) is 6. The SMILES string of the molecule is CCC(N)CNS(=O)(=O)c1cc(C(=O)OC)sc1Br. The number of sulfonamides is 1. The Bertz CT molecular complexity index is 556. The summed E-state index contributed by atoms with van der Waals surface area (Å²) < 4.78 is 31.4. The average molecular weight is 371 g/mol. The third-order valence-electron chi connectivity index (χ3n) is 2.39. The van der Waals surface area contributed by atoms with E-state index in [-0.39, 0.29) is 22.4 Å². The Hall–Kier alpha value is -0.480. The first kappa shape index (κ1) is 16.6. The average Bonchev–Trinajstić information content (AvgIpc) is 2.78. The molecule has 0 aliphatic carbocycles. The third-order valence-corrected chi connectivity index (χ3v) is 6.05. The van der Waals surface area contributed by atoms with Crippen molar-refractivity contribution < 1.29 is 17.9 Å². The van der Waals surface area contributed by atoms with E-state index < -0.39 is 16.0 Å². The molecule has 0 saturated carbocycles. The lowest BCUT2D eigenvalue weighted by Gasteiger charge is -2.10. The molecule has 9 heteroatoms. The molecule has 1 atom stereocenters. The Morgan fingerprint density at radius 1 is 1.63 bits per heavy atom. The van der Waals surface area contributed by atoms with E-state index in [1.807, 2.05) is 6.92 Å². The maximum Gasteiger partial charge on any atom is 0.348 e. The van der Waals surface area contributed by atoms with E-state index in [0.717, 1.165) is 11.3 Å². The van der Waals surface area contributed by atoms with Crippen LogP contribution in [0.2, 0.25) is 0 Å². The van der Waals surface area contributed by atoms with Crippen LogP contribution in [0, 0.1) is 0 Å². The Balaban J connectivity index is 2.95. The zero-order valence-electron chi connectivity index (χ0n) is 10.5. The second-order valence-electron chi connectivity index (χ2n) is 3.76. The van der Waals surface area contributed by atoms with E-state index in [2.05, 4.69) is 25.4 Å². The van der Waals surface area contributed by atoms with Gasteiger partial charge in [-0.05, 0) is 28.4 Å². The Kier molecular flexibility index (Phi) is 5.93. The standard InChI is InChI=1S/C10H15BrN2O4S2/c1-3-6(12)5-13-19(15,16)8-4-7(10(14)17-2)18-9(8)11/h4,6,13H,3,5,12H2,1-2H3. The molecule has 1 heterocycles. The molecule has 19 heavy (non-hydrogen) atoms. The molecule has 0 fully saturated rings. The number of carbonyl (C=O) groups excluding carboxylic acids is 1. The first-order valence-electron chi connectivity index (χ1n) is 5.44. The molecule has 0 bridgehead atoms. The van der Waals surface area contributed by atoms with Gasteiger partial charge in [-0.25, -0.2) is 17.9 Å². The maximum absolute atomic E-state index is 12.1. The minimum Gasteiger partial charge on any atom is -0.465 e. The fraction of sp³-hybridized carbons (Fsp3) is 0.500. The minimum absolute atomic E-state index is 0.0150. The Morgan fingerprint density at radius 3 is 2.79 bits per heavy atom. The zero-order valence-corrected chi connectivity index (χ0v) is 13.7. The lowest BCUT2D eigenvalue weighted by molar-refractivity contribution is 0.0606. The van der Waals surface area contributed by atoms with Gasteiger partial charge in [0.25, 0.3) is 0 Å². The second-order valence-corrected chi connectivity index (χ2v) is 7.87. The molecular weight excluding hydrogens is 356 g/mol. The first-order valence-corrected chi connectivity index (χ1v) is 8.54. The van der Waals surface area contributed by atoms with Gasteiger partial charge in [-0.1, -0.05) is 6.92 Å². The molecular formula is C10H15BrN2O4S2. The fourth-order valence-corrected chi connectivity index (χ4v) is 4.75. The van der Waals surface area contributed by atoms with E-state index in [1.165, 1.54) is 13.2 Å². The van der Waals surface area contributed by atoms with Crippen molar-refractivity contribution in [3.63, 3.8) is 0 Å². The van der Waals surface area contributed by atoms with Gasteiger partial charge in [0, 0.05) is 12.6 Å². The highest BCUT2D eigenvalue weighted by atomic mass is 79.9. The number of ether oxygens (including phenoxy) is 1. The predicted molar refractivity (Wildman–Crippen MR) is 76.8 cm³/mol. The van der Waals surface area contributed by atoms with Crippen LogP contribution in [0.5, 0.6) is 0 Å². The predicted octanol–water partition coefficient (Wildman–Crippen LogP) is 1.31. The minimum atomic E-state index is -3.69. The van der Waals surface area contributed by atoms with E-state index in [0.29, 0.717) is 10.2 Å². The van der Waals surface area contributed by atoms with Gasteiger partial charge in [0.1, 0.15) is 9.77 Å². The lowest BCUT2D eigenvalue weighted by atomic mass is 10.2. The summed E-state index contributed by atoms with van der Waals surface area (Å²) in [6, 6.07) is 1.03. The van der Waals surface area contributed by atoms with Crippen LogP contribution < -0.4 is 10.5 Å². The van der Waals surface area contributed by atoms with E-state index >= 15 is 0 Å². The molecule has 0 aromatic carbocycles. The molecule has 0 spiro atoms. The molecule has 1 aromatic rings. The number of halogens is 1. The van der Waals surface area contributed by atoms with Gasteiger partial charge in [-0.2, -0.15) is 0 Å². The number of methoxy groups -OCH3 is 1. The van der Waals surface area contributed by atoms with Crippen molar-refractivity contribution in [3.8, 4) is 0 Å². The van der Waals surface area contributed by atoms with Gasteiger partial charge in [-0.15, -0.1) is 11.3 Å². The Labute approximate surface area is 124 Å². The van der Waals surface area contributed by atoms with Crippen LogP contribution in [0.3, 0.4) is 0 Å². The summed E-state index contributed by atoms with van der Waals surface area (Å²) in [7, 11) is -2.45. The largest absolute Gasteiger partial charge is 0.465 e. The highest BCUT2D eigenvalue weighted by Gasteiger charge is 2.23. The normalized spacial score (nSPS) is 13.3. The molecule has 0 aliphatic rings. The zero-order chi connectivity index (χ0) is 14.6. The van der Waals surface area contributed by atoms with Crippen LogP contribution in [0.15, 0.2) is 14.7 Å². The molecule has 108 valence electrons. The summed E-state index contributed by atoms with van der Waals surface area (Å²) >= 11 is 4.14. The molecule has 1 unspecified atom stereocenters. The summed E-state index contributed by atoms with van der Waals surface area (Å²) in [5, 5.41) is 0. The number of thiophene rings is 1. The van der Waals surface area contributed by atoms with E-state index in [1.54, 1.807) is 0 Å². The number of nitrogens with two attached hydrogens (primary N) is 1. The number of nitrogens with one attached hydrogen (secondary N) is 1. The molecule has 0 radical (unpaired) electrons. The molecule has 0 amide bonds. The van der Waals surface area contributed by atoms with Gasteiger partial charge in [-0.3, -0.25) is 0 Å². The number of esters is 1. The summed E-state index contributed by atoms with van der Waals surface area (Å²) in [5.74, 6) is -0.572. The van der Waals surface area contributed by atoms with Gasteiger partial charge in [0.05, 0.1) is 10.9 Å². The van der Waals surface area contributed by atoms with Gasteiger partial charge < -0.3 is 10.5 Å². The molecule has 1 rings (SSSR count). The van der Waals surface area contributed by atoms with Crippen molar-refractivity contribution in [2.24, 2.45) is 5.73 Å². The van der Waals surface area contributed by atoms with Gasteiger partial charge >= 0.3 is 5.97 Å². The molecule has 0 saturated heterocycles. The number of carbonyl (C=O) groups is 1. The highest BCUT2D eigenvalue weighted by Crippen LogP contribution is 2.31. The topological polar surface area (TPSA) is 98.5 Å². The van der Waals surface area contributed by atoms with Crippen LogP contribution in [0.25, 0.3) is 0 Å². The van der Waals surface area contributed by atoms with Crippen molar-refractivity contribution in [2.45, 2.75) is 24.3 Å². The van der Waals surface area contributed by atoms with Crippen molar-refractivity contribution in [1.29, 1.82) is 0 Å². The van der Waals surface area contributed by atoms with Crippen molar-refractivity contribution in [2.75, 3.05) is 13.7 Å². The van der Waals surface area contributed by atoms with Crippen LogP contribution in [0.1, 0.15) is 23.0 Å². The molecule has 6 nitrogen and oxygen atoms in total. The van der Waals surface area contributed by atoms with Gasteiger partial charge in [0.15, 0.2) is 0 Å². The van der Waals surface area contributed by atoms with E-state index in [9.17, 15) is 13.2 Å². The van der Waals surface area contributed by atoms with Gasteiger partial charge in [0.2, 0.25) is 10.0 Å². The van der Waals surface area contributed by atoms with E-state index in [4.69, 9.17) is 5.73 Å². The molecule has 3 N–H and O–H groups in total. The van der Waals surface area contributed by atoms with Crippen LogP contribution in [-0.4, -0.2) is 34.1 Å². The number of rotatable bonds is 6. The van der Waals surface area contributed by atoms with Crippen LogP contribution >= 0.6 is 27.3 Å². The monoisotopic (exact) mass is 370 g/mol. The quantitative estimate of drug-likeness (QED) is 0.735. The first-order chi connectivity index (χ1) is 8.81. The van der Waals surface area contributed by atoms with Crippen molar-refractivity contribution >= 4 is 43.3 Å². The van der Waals surface area contributed by atoms with Crippen molar-refractivity contribution in [3.05, 3.63) is 14.7 Å². The van der Waals surface area contributed by atoms with Crippen LogP contribution in [0.4, 0.5) is 0 Å². The Morgan fingerprint density at radius 2 is 2.26 bits per heavy atom. The highest BCUT2D eigenvalue weighted by molar-refractivity contribution is 9.11. The lowest BCUT2D eigenvalue weighted by Crippen LogP contribution is -2.36. The molecule has 1 aromatic heterocycles. The van der Waals surface area contributed by atoms with Crippen molar-refractivity contribution in [1.82, 2.24) is 4.72 Å². The molecule has 0 aliphatic heterocycles. The summed E-state index contributed by atoms with van der Waals surface area (Å²) in [6.45, 7) is 2.02. The maximum atomic E-state index is 12.1. The smallest absolute Gasteiger partial charge is 0.348 e. The van der Waals surface area contributed by atoms with Crippen LogP contribution in [-0.2, 0) is 14.8 Å².